The molecule has 4 rings (SSSR count). The van der Waals surface area contributed by atoms with Crippen LogP contribution in [0.5, 0.6) is 0 Å². The summed E-state index contributed by atoms with van der Waals surface area (Å²) in [6.45, 7) is -0.0905. The highest BCUT2D eigenvalue weighted by molar-refractivity contribution is 5.86. The molecule has 1 saturated carbocycles. The number of nitrogens with one attached hydrogen (secondary N) is 1. The molecule has 1 aromatic rings. The van der Waals surface area contributed by atoms with Crippen LogP contribution in [0.2, 0.25) is 0 Å². The summed E-state index contributed by atoms with van der Waals surface area (Å²) in [4.78, 5) is 25.7. The van der Waals surface area contributed by atoms with Gasteiger partial charge in [-0.05, 0) is 43.1 Å². The van der Waals surface area contributed by atoms with E-state index in [0.717, 1.165) is 4.90 Å². The number of carboxylic acid groups (broad SMARTS) is 1. The van der Waals surface area contributed by atoms with E-state index < -0.39 is 47.2 Å². The maximum absolute atomic E-state index is 12.9. The Hall–Kier alpha value is -2.97. The first kappa shape index (κ1) is 24.2. The Balaban J connectivity index is 1.49. The summed E-state index contributed by atoms with van der Waals surface area (Å²) in [5.74, 6) is -2.04. The molecule has 1 aromatic carbocycles. The lowest BCUT2D eigenvalue weighted by Gasteiger charge is -2.44. The van der Waals surface area contributed by atoms with Gasteiger partial charge in [-0.15, -0.1) is 5.10 Å². The largest absolute Gasteiger partial charge is 0.480 e. The monoisotopic (exact) mass is 479 g/mol. The number of nitrogens with zero attached hydrogens (tertiary/aromatic N) is 2. The maximum atomic E-state index is 12.9. The third-order valence-corrected chi connectivity index (χ3v) is 7.04. The fourth-order valence-electron chi connectivity index (χ4n) is 5.35. The number of hydrogen-bond acceptors (Lipinski definition) is 10. The minimum absolute atomic E-state index is 0.00631. The van der Waals surface area contributed by atoms with Crippen molar-refractivity contribution in [2.24, 2.45) is 28.5 Å². The van der Waals surface area contributed by atoms with E-state index in [9.17, 15) is 30.0 Å². The second-order valence-electron chi connectivity index (χ2n) is 9.08. The second-order valence-corrected chi connectivity index (χ2v) is 9.08. The molecule has 9 N–H and O–H groups in total. The number of amidine groups is 1. The normalized spacial score (nSPS) is 32.9. The summed E-state index contributed by atoms with van der Waals surface area (Å²) >= 11 is 0. The number of hydrazine groups is 1. The quantitative estimate of drug-likeness (QED) is 0.0636. The van der Waals surface area contributed by atoms with Crippen LogP contribution in [-0.4, -0.2) is 66.6 Å². The van der Waals surface area contributed by atoms with Gasteiger partial charge in [0.1, 0.15) is 12.6 Å². The first-order chi connectivity index (χ1) is 16.0. The predicted octanol–water partition coefficient (Wildman–Crippen LogP) is -0.880. The number of rotatable bonds is 7. The van der Waals surface area contributed by atoms with Gasteiger partial charge < -0.3 is 35.6 Å². The SMILES string of the molecule is NN/N=C(\N)C(O)(O)CC1CCC23OC2(O)N(C(=O)OCc2ccccc2)C(C(=O)O)CC3C1. The van der Waals surface area contributed by atoms with Crippen LogP contribution >= 0.6 is 0 Å². The van der Waals surface area contributed by atoms with E-state index in [-0.39, 0.29) is 31.8 Å². The number of epoxide rings is 1. The Morgan fingerprint density at radius 1 is 1.29 bits per heavy atom. The second kappa shape index (κ2) is 8.67. The van der Waals surface area contributed by atoms with Crippen LogP contribution < -0.4 is 17.1 Å². The van der Waals surface area contributed by atoms with Crippen LogP contribution in [-0.2, 0) is 20.9 Å². The molecule has 186 valence electrons. The minimum atomic E-state index is -2.42. The number of hydrazone groups is 1. The van der Waals surface area contributed by atoms with E-state index >= 15 is 0 Å². The number of hydrogen-bond donors (Lipinski definition) is 7. The lowest BCUT2D eigenvalue weighted by molar-refractivity contribution is -0.166. The molecule has 0 radical (unpaired) electrons. The standard InChI is InChI=1S/C21H29N5O8/c22-17(24-25-23)20(30,31)10-13-6-7-19-14(8-13)9-15(16(27)28)26(21(19,32)34-19)18(29)33-11-12-4-2-1-3-5-12/h1-5,13-15,25,30-32H,6-11,23H2,(H2,22,24)(H,27,28). The van der Waals surface area contributed by atoms with Gasteiger partial charge in [0.15, 0.2) is 11.4 Å². The number of carbonyl (C=O) groups is 2. The first-order valence-corrected chi connectivity index (χ1v) is 10.9. The topological polar surface area (TPSA) is 216 Å². The molecule has 13 heteroatoms. The van der Waals surface area contributed by atoms with Gasteiger partial charge in [0, 0.05) is 6.42 Å². The molecule has 3 aliphatic rings. The van der Waals surface area contributed by atoms with Gasteiger partial charge in [0.25, 0.3) is 5.91 Å². The van der Waals surface area contributed by atoms with Crippen molar-refractivity contribution in [2.75, 3.05) is 0 Å². The van der Waals surface area contributed by atoms with Crippen LogP contribution in [0.1, 0.15) is 37.7 Å². The average molecular weight is 479 g/mol. The van der Waals surface area contributed by atoms with Gasteiger partial charge >= 0.3 is 12.1 Å². The van der Waals surface area contributed by atoms with Gasteiger partial charge in [0.05, 0.1) is 0 Å². The van der Waals surface area contributed by atoms with Gasteiger partial charge in [-0.2, -0.15) is 0 Å². The number of aliphatic hydroxyl groups is 3. The first-order valence-electron chi connectivity index (χ1n) is 10.9. The smallest absolute Gasteiger partial charge is 0.415 e. The maximum Gasteiger partial charge on any atom is 0.415 e. The third kappa shape index (κ3) is 4.05. The molecular formula is C21H29N5O8. The molecule has 1 aliphatic carbocycles. The van der Waals surface area contributed by atoms with E-state index in [1.54, 1.807) is 24.3 Å². The van der Waals surface area contributed by atoms with E-state index in [1.807, 2.05) is 11.6 Å². The summed E-state index contributed by atoms with van der Waals surface area (Å²) in [6.07, 6.45) is -0.141. The van der Waals surface area contributed by atoms with Crippen molar-refractivity contribution in [3.63, 3.8) is 0 Å². The molecule has 5 unspecified atom stereocenters. The predicted molar refractivity (Wildman–Crippen MR) is 115 cm³/mol. The number of carbonyl (C=O) groups excluding carboxylic acids is 1. The van der Waals surface area contributed by atoms with Crippen molar-refractivity contribution in [2.45, 2.75) is 62.1 Å². The summed E-state index contributed by atoms with van der Waals surface area (Å²) < 4.78 is 11.0. The molecule has 2 aliphatic heterocycles. The lowest BCUT2D eigenvalue weighted by Crippen LogP contribution is -2.62. The molecule has 1 spiro atoms. The summed E-state index contributed by atoms with van der Waals surface area (Å²) in [6, 6.07) is 7.49. The molecule has 2 heterocycles. The Morgan fingerprint density at radius 2 is 2.00 bits per heavy atom. The van der Waals surface area contributed by atoms with E-state index in [0.29, 0.717) is 18.4 Å². The summed E-state index contributed by atoms with van der Waals surface area (Å²) in [7, 11) is 0. The van der Waals surface area contributed by atoms with Crippen molar-refractivity contribution in [1.29, 1.82) is 0 Å². The van der Waals surface area contributed by atoms with Crippen molar-refractivity contribution >= 4 is 17.9 Å². The molecule has 2 saturated heterocycles. The van der Waals surface area contributed by atoms with Crippen LogP contribution in [0.3, 0.4) is 0 Å². The number of aliphatic carboxylic acids is 1. The molecule has 13 nitrogen and oxygen atoms in total. The number of likely N-dealkylation sites (tertiary alicyclic amines) is 1. The number of piperidine rings is 1. The number of nitrogens with two attached hydrogens (primary N) is 2. The summed E-state index contributed by atoms with van der Waals surface area (Å²) in [5, 5.41) is 45.0. The lowest BCUT2D eigenvalue weighted by atomic mass is 9.66. The fourth-order valence-corrected chi connectivity index (χ4v) is 5.35. The van der Waals surface area contributed by atoms with E-state index in [2.05, 4.69) is 5.10 Å². The van der Waals surface area contributed by atoms with Crippen LogP contribution in [0.4, 0.5) is 4.79 Å². The molecule has 3 fully saturated rings. The molecule has 1 amide bonds. The third-order valence-electron chi connectivity index (χ3n) is 7.04. The highest BCUT2D eigenvalue weighted by atomic mass is 16.8. The van der Waals surface area contributed by atoms with Crippen molar-refractivity contribution < 1.29 is 39.5 Å². The molecule has 0 bridgehead atoms. The summed E-state index contributed by atoms with van der Waals surface area (Å²) in [5.41, 5.74) is 7.02. The highest BCUT2D eigenvalue weighted by Crippen LogP contribution is 2.65. The highest BCUT2D eigenvalue weighted by Gasteiger charge is 2.82. The van der Waals surface area contributed by atoms with Gasteiger partial charge in [0.2, 0.25) is 5.79 Å². The van der Waals surface area contributed by atoms with Crippen molar-refractivity contribution in [3.8, 4) is 0 Å². The van der Waals surface area contributed by atoms with E-state index in [4.69, 9.17) is 21.1 Å². The molecule has 34 heavy (non-hydrogen) atoms. The number of ether oxygens (including phenoxy) is 2. The Bertz CT molecular complexity index is 975. The number of amides is 1. The minimum Gasteiger partial charge on any atom is -0.480 e. The zero-order valence-corrected chi connectivity index (χ0v) is 18.3. The number of benzene rings is 1. The van der Waals surface area contributed by atoms with Crippen LogP contribution in [0, 0.1) is 11.8 Å². The van der Waals surface area contributed by atoms with E-state index in [1.165, 1.54) is 0 Å². The fraction of sp³-hybridized carbons (Fsp3) is 0.571. The Kier molecular flexibility index (Phi) is 6.16. The Morgan fingerprint density at radius 3 is 2.65 bits per heavy atom. The van der Waals surface area contributed by atoms with Crippen LogP contribution in [0.15, 0.2) is 35.4 Å². The van der Waals surface area contributed by atoms with Gasteiger partial charge in [-0.25, -0.2) is 25.9 Å². The molecule has 0 aromatic heterocycles. The molecule has 5 atom stereocenters. The molecular weight excluding hydrogens is 450 g/mol. The van der Waals surface area contributed by atoms with Crippen molar-refractivity contribution in [1.82, 2.24) is 10.4 Å². The Labute approximate surface area is 194 Å². The van der Waals surface area contributed by atoms with Crippen LogP contribution in [0.25, 0.3) is 0 Å². The van der Waals surface area contributed by atoms with Gasteiger partial charge in [-0.3, -0.25) is 0 Å². The van der Waals surface area contributed by atoms with Gasteiger partial charge in [-0.1, -0.05) is 30.3 Å². The zero-order chi connectivity index (χ0) is 24.7. The van der Waals surface area contributed by atoms with Crippen molar-refractivity contribution in [3.05, 3.63) is 35.9 Å². The zero-order valence-electron chi connectivity index (χ0n) is 18.3. The number of carboxylic acids is 1. The average Bonchev–Trinajstić information content (AvgIpc) is 3.42.